The predicted octanol–water partition coefficient (Wildman–Crippen LogP) is 3.66. The van der Waals surface area contributed by atoms with E-state index in [-0.39, 0.29) is 22.7 Å². The van der Waals surface area contributed by atoms with Crippen molar-refractivity contribution < 1.29 is 32.6 Å². The first-order valence-electron chi connectivity index (χ1n) is 7.90. The Balaban J connectivity index is 2.72. The number of hydrogen-bond acceptors (Lipinski definition) is 5. The van der Waals surface area contributed by atoms with Crippen molar-refractivity contribution in [3.8, 4) is 6.07 Å². The summed E-state index contributed by atoms with van der Waals surface area (Å²) >= 11 is 5.91. The van der Waals surface area contributed by atoms with Crippen LogP contribution in [-0.4, -0.2) is 29.8 Å². The highest BCUT2D eigenvalue weighted by Gasteiger charge is 2.47. The molecule has 0 fully saturated rings. The van der Waals surface area contributed by atoms with E-state index in [0.29, 0.717) is 0 Å². The molecule has 1 heterocycles. The first-order chi connectivity index (χ1) is 13.1. The molecular weight excluding hydrogens is 401 g/mol. The Morgan fingerprint density at radius 2 is 2.04 bits per heavy atom. The molecule has 1 aliphatic rings. The predicted molar refractivity (Wildman–Crippen MR) is 91.9 cm³/mol. The largest absolute Gasteiger partial charge is 0.478 e. The summed E-state index contributed by atoms with van der Waals surface area (Å²) in [6.07, 6.45) is -5.21. The number of dihydropyridines is 1. The number of nitrogens with one attached hydrogen (secondary N) is 1. The molecular formula is C18H14ClF3N2O4. The van der Waals surface area contributed by atoms with Gasteiger partial charge in [-0.2, -0.15) is 18.4 Å². The average Bonchev–Trinajstić information content (AvgIpc) is 2.59. The molecule has 0 aliphatic carbocycles. The van der Waals surface area contributed by atoms with Crippen LogP contribution in [0.4, 0.5) is 13.2 Å². The van der Waals surface area contributed by atoms with E-state index in [4.69, 9.17) is 21.6 Å². The van der Waals surface area contributed by atoms with E-state index >= 15 is 0 Å². The second-order valence-corrected chi connectivity index (χ2v) is 6.22. The minimum absolute atomic E-state index is 0.0831. The van der Waals surface area contributed by atoms with E-state index in [0.717, 1.165) is 0 Å². The molecule has 0 saturated heterocycles. The molecule has 0 amide bonds. The molecule has 0 saturated carbocycles. The summed E-state index contributed by atoms with van der Waals surface area (Å²) in [5.41, 5.74) is -2.95. The van der Waals surface area contributed by atoms with Gasteiger partial charge < -0.3 is 15.2 Å². The lowest BCUT2D eigenvalue weighted by atomic mass is 9.80. The van der Waals surface area contributed by atoms with Gasteiger partial charge in [0.25, 0.3) is 0 Å². The van der Waals surface area contributed by atoms with Crippen molar-refractivity contribution in [3.63, 3.8) is 0 Å². The molecule has 1 aromatic rings. The molecule has 1 aliphatic heterocycles. The van der Waals surface area contributed by atoms with Crippen LogP contribution in [0.15, 0.2) is 46.8 Å². The van der Waals surface area contributed by atoms with Gasteiger partial charge in [-0.1, -0.05) is 23.7 Å². The summed E-state index contributed by atoms with van der Waals surface area (Å²) in [7, 11) is 0. The van der Waals surface area contributed by atoms with Crippen LogP contribution in [0.2, 0.25) is 5.02 Å². The lowest BCUT2D eigenvalue weighted by molar-refractivity contribution is -0.141. The first kappa shape index (κ1) is 21.3. The second kappa shape index (κ2) is 8.35. The Bertz CT molecular complexity index is 916. The highest BCUT2D eigenvalue weighted by Crippen LogP contribution is 2.43. The average molecular weight is 415 g/mol. The van der Waals surface area contributed by atoms with E-state index in [1.807, 2.05) is 5.32 Å². The smallest absolute Gasteiger partial charge is 0.431 e. The lowest BCUT2D eigenvalue weighted by Gasteiger charge is -2.31. The summed E-state index contributed by atoms with van der Waals surface area (Å²) in [5.74, 6) is -4.44. The summed E-state index contributed by atoms with van der Waals surface area (Å²) in [5, 5.41) is 20.3. The third-order valence-corrected chi connectivity index (χ3v) is 4.16. The fourth-order valence-electron chi connectivity index (χ4n) is 2.84. The number of halogens is 4. The van der Waals surface area contributed by atoms with E-state index in [9.17, 15) is 27.9 Å². The molecule has 0 aromatic heterocycles. The summed E-state index contributed by atoms with van der Waals surface area (Å²) in [4.78, 5) is 24.3. The van der Waals surface area contributed by atoms with Gasteiger partial charge in [0, 0.05) is 10.7 Å². The fourth-order valence-corrected chi connectivity index (χ4v) is 3.04. The molecule has 0 bridgehead atoms. The monoisotopic (exact) mass is 414 g/mol. The van der Waals surface area contributed by atoms with E-state index in [1.165, 1.54) is 31.2 Å². The number of carboxylic acids is 1. The molecule has 1 aromatic carbocycles. The van der Waals surface area contributed by atoms with Crippen LogP contribution in [0.3, 0.4) is 0 Å². The van der Waals surface area contributed by atoms with Gasteiger partial charge in [-0.25, -0.2) is 9.59 Å². The van der Waals surface area contributed by atoms with Gasteiger partial charge >= 0.3 is 18.1 Å². The van der Waals surface area contributed by atoms with Crippen LogP contribution >= 0.6 is 11.6 Å². The Hall–Kier alpha value is -2.99. The van der Waals surface area contributed by atoms with Crippen molar-refractivity contribution in [3.05, 3.63) is 57.4 Å². The third kappa shape index (κ3) is 4.46. The number of esters is 1. The van der Waals surface area contributed by atoms with Crippen LogP contribution < -0.4 is 5.32 Å². The number of allylic oxidation sites excluding steroid dienone is 2. The fraction of sp³-hybridized carbons (Fsp3) is 0.278. The minimum Gasteiger partial charge on any atom is -0.478 e. The topological polar surface area (TPSA) is 99.4 Å². The van der Waals surface area contributed by atoms with Crippen molar-refractivity contribution >= 4 is 23.5 Å². The standard InChI is InChI=1S/C18H14ClF3N2O4/c1-9-12(16(25)26)13(10-4-2-5-11(19)8-10)14(15(24-9)18(20,21)22)17(27)28-7-3-6-23/h2,4-5,8,13,24H,3,7H2,1H3,(H,25,26). The zero-order valence-corrected chi connectivity index (χ0v) is 15.2. The molecule has 0 spiro atoms. The number of carbonyl (C=O) groups is 2. The molecule has 6 nitrogen and oxygen atoms in total. The van der Waals surface area contributed by atoms with Gasteiger partial charge in [0.1, 0.15) is 12.3 Å². The highest BCUT2D eigenvalue weighted by molar-refractivity contribution is 6.30. The lowest BCUT2D eigenvalue weighted by Crippen LogP contribution is -2.38. The summed E-state index contributed by atoms with van der Waals surface area (Å²) < 4.78 is 45.7. The van der Waals surface area contributed by atoms with Crippen molar-refractivity contribution in [1.82, 2.24) is 5.32 Å². The van der Waals surface area contributed by atoms with Gasteiger partial charge in [-0.15, -0.1) is 0 Å². The molecule has 148 valence electrons. The third-order valence-electron chi connectivity index (χ3n) is 3.93. The zero-order chi connectivity index (χ0) is 21.1. The van der Waals surface area contributed by atoms with Crippen LogP contribution in [-0.2, 0) is 14.3 Å². The number of benzene rings is 1. The molecule has 1 atom stereocenters. The quantitative estimate of drug-likeness (QED) is 0.563. The zero-order valence-electron chi connectivity index (χ0n) is 14.4. The van der Waals surface area contributed by atoms with E-state index in [1.54, 1.807) is 6.07 Å². The molecule has 1 unspecified atom stereocenters. The number of rotatable bonds is 5. The SMILES string of the molecule is CC1=C(C(=O)O)C(c2cccc(Cl)c2)C(C(=O)OCCC#N)=C(C(F)(F)F)N1. The van der Waals surface area contributed by atoms with E-state index in [2.05, 4.69) is 0 Å². The minimum atomic E-state index is -4.98. The first-order valence-corrected chi connectivity index (χ1v) is 8.27. The Morgan fingerprint density at radius 3 is 2.57 bits per heavy atom. The Kier molecular flexibility index (Phi) is 6.36. The summed E-state index contributed by atoms with van der Waals surface area (Å²) in [6, 6.07) is 7.24. The van der Waals surface area contributed by atoms with Gasteiger partial charge in [-0.05, 0) is 24.6 Å². The number of alkyl halides is 3. The van der Waals surface area contributed by atoms with Crippen molar-refractivity contribution in [2.75, 3.05) is 6.61 Å². The molecule has 0 radical (unpaired) electrons. The van der Waals surface area contributed by atoms with Crippen molar-refractivity contribution in [2.24, 2.45) is 0 Å². The Morgan fingerprint density at radius 1 is 1.36 bits per heavy atom. The molecule has 28 heavy (non-hydrogen) atoms. The maximum atomic E-state index is 13.6. The number of ether oxygens (including phenoxy) is 1. The van der Waals surface area contributed by atoms with Gasteiger partial charge in [0.05, 0.1) is 29.6 Å². The maximum Gasteiger partial charge on any atom is 0.431 e. The number of nitriles is 1. The van der Waals surface area contributed by atoms with Crippen LogP contribution in [0, 0.1) is 11.3 Å². The Labute approximate surface area is 162 Å². The second-order valence-electron chi connectivity index (χ2n) is 5.79. The van der Waals surface area contributed by atoms with Crippen LogP contribution in [0.25, 0.3) is 0 Å². The number of carboxylic acid groups (broad SMARTS) is 1. The number of carbonyl (C=O) groups excluding carboxylic acids is 1. The highest BCUT2D eigenvalue weighted by atomic mass is 35.5. The number of nitrogens with zero attached hydrogens (tertiary/aromatic N) is 1. The van der Waals surface area contributed by atoms with Crippen LogP contribution in [0.1, 0.15) is 24.8 Å². The molecule has 2 rings (SSSR count). The normalized spacial score (nSPS) is 17.1. The van der Waals surface area contributed by atoms with E-state index < -0.39 is 47.5 Å². The van der Waals surface area contributed by atoms with Crippen LogP contribution in [0.5, 0.6) is 0 Å². The maximum absolute atomic E-state index is 13.6. The number of hydrogen-bond donors (Lipinski definition) is 2. The van der Waals surface area contributed by atoms with Crippen molar-refractivity contribution in [2.45, 2.75) is 25.4 Å². The molecule has 2 N–H and O–H groups in total. The number of aliphatic carboxylic acids is 1. The molecule has 10 heteroatoms. The van der Waals surface area contributed by atoms with Gasteiger partial charge in [0.2, 0.25) is 0 Å². The summed E-state index contributed by atoms with van der Waals surface area (Å²) in [6.45, 7) is 0.738. The van der Waals surface area contributed by atoms with Crippen molar-refractivity contribution in [1.29, 1.82) is 5.26 Å². The van der Waals surface area contributed by atoms with Gasteiger partial charge in [-0.3, -0.25) is 0 Å². The van der Waals surface area contributed by atoms with Gasteiger partial charge in [0.15, 0.2) is 0 Å².